The second kappa shape index (κ2) is 8.47. The number of benzene rings is 2. The fraction of sp³-hybridized carbons (Fsp3) is 0.222. The van der Waals surface area contributed by atoms with Crippen molar-refractivity contribution in [2.24, 2.45) is 0 Å². The lowest BCUT2D eigenvalue weighted by Crippen LogP contribution is -2.27. The minimum absolute atomic E-state index is 0.201. The summed E-state index contributed by atoms with van der Waals surface area (Å²) in [6, 6.07) is 11.7. The molecule has 0 fully saturated rings. The van der Waals surface area contributed by atoms with Crippen LogP contribution >= 0.6 is 11.6 Å². The fourth-order valence-electron chi connectivity index (χ4n) is 2.10. The van der Waals surface area contributed by atoms with Crippen LogP contribution in [0, 0.1) is 6.92 Å². The van der Waals surface area contributed by atoms with E-state index in [1.807, 2.05) is 6.92 Å². The fourth-order valence-corrected chi connectivity index (χ4v) is 2.33. The van der Waals surface area contributed by atoms with Crippen LogP contribution in [0.5, 0.6) is 0 Å². The van der Waals surface area contributed by atoms with E-state index < -0.39 is 0 Å². The molecule has 0 saturated heterocycles. The summed E-state index contributed by atoms with van der Waals surface area (Å²) in [5.74, 6) is -0.445. The minimum Gasteiger partial charge on any atom is -0.383 e. The SMILES string of the molecule is COCCNC(=O)c1ccc(C(=O)Nc2ccc(Cl)cc2C)cc1. The van der Waals surface area contributed by atoms with Crippen molar-refractivity contribution in [2.75, 3.05) is 25.6 Å². The maximum absolute atomic E-state index is 12.3. The maximum atomic E-state index is 12.3. The highest BCUT2D eigenvalue weighted by Gasteiger charge is 2.10. The van der Waals surface area contributed by atoms with Gasteiger partial charge < -0.3 is 15.4 Å². The molecule has 2 amide bonds. The van der Waals surface area contributed by atoms with E-state index in [9.17, 15) is 9.59 Å². The zero-order valence-electron chi connectivity index (χ0n) is 13.6. The third kappa shape index (κ3) is 4.81. The van der Waals surface area contributed by atoms with Crippen molar-refractivity contribution in [3.8, 4) is 0 Å². The van der Waals surface area contributed by atoms with Crippen molar-refractivity contribution in [1.29, 1.82) is 0 Å². The lowest BCUT2D eigenvalue weighted by Gasteiger charge is -2.09. The third-order valence-electron chi connectivity index (χ3n) is 3.44. The van der Waals surface area contributed by atoms with Crippen LogP contribution in [0.4, 0.5) is 5.69 Å². The normalized spacial score (nSPS) is 10.3. The zero-order valence-corrected chi connectivity index (χ0v) is 14.3. The molecular weight excluding hydrogens is 328 g/mol. The predicted molar refractivity (Wildman–Crippen MR) is 94.8 cm³/mol. The number of hydrogen-bond donors (Lipinski definition) is 2. The minimum atomic E-state index is -0.244. The molecule has 0 aliphatic heterocycles. The van der Waals surface area contributed by atoms with E-state index in [1.54, 1.807) is 49.6 Å². The van der Waals surface area contributed by atoms with E-state index in [0.29, 0.717) is 35.0 Å². The molecule has 0 unspecified atom stereocenters. The van der Waals surface area contributed by atoms with Gasteiger partial charge in [0, 0.05) is 35.5 Å². The average molecular weight is 347 g/mol. The van der Waals surface area contributed by atoms with Crippen LogP contribution in [-0.2, 0) is 4.74 Å². The number of halogens is 1. The predicted octanol–water partition coefficient (Wildman–Crippen LogP) is 3.28. The molecule has 2 rings (SSSR count). The van der Waals surface area contributed by atoms with E-state index in [4.69, 9.17) is 16.3 Å². The molecular formula is C18H19ClN2O3. The first-order valence-corrected chi connectivity index (χ1v) is 7.84. The number of rotatable bonds is 6. The Morgan fingerprint density at radius 2 is 1.67 bits per heavy atom. The van der Waals surface area contributed by atoms with E-state index in [2.05, 4.69) is 10.6 Å². The van der Waals surface area contributed by atoms with Gasteiger partial charge in [0.1, 0.15) is 0 Å². The summed E-state index contributed by atoms with van der Waals surface area (Å²) < 4.78 is 4.88. The van der Waals surface area contributed by atoms with Crippen molar-refractivity contribution in [1.82, 2.24) is 5.32 Å². The average Bonchev–Trinajstić information content (AvgIpc) is 2.57. The van der Waals surface area contributed by atoms with Gasteiger partial charge in [0.15, 0.2) is 0 Å². The summed E-state index contributed by atoms with van der Waals surface area (Å²) in [6.07, 6.45) is 0. The summed E-state index contributed by atoms with van der Waals surface area (Å²) in [5.41, 5.74) is 2.54. The molecule has 126 valence electrons. The summed E-state index contributed by atoms with van der Waals surface area (Å²) >= 11 is 5.90. The number of ether oxygens (including phenoxy) is 1. The van der Waals surface area contributed by atoms with Crippen molar-refractivity contribution in [3.63, 3.8) is 0 Å². The number of methoxy groups -OCH3 is 1. The third-order valence-corrected chi connectivity index (χ3v) is 3.67. The second-order valence-electron chi connectivity index (χ2n) is 5.24. The van der Waals surface area contributed by atoms with E-state index >= 15 is 0 Å². The number of aryl methyl sites for hydroxylation is 1. The molecule has 0 bridgehead atoms. The van der Waals surface area contributed by atoms with Gasteiger partial charge in [0.2, 0.25) is 0 Å². The molecule has 5 nitrogen and oxygen atoms in total. The highest BCUT2D eigenvalue weighted by atomic mass is 35.5. The smallest absolute Gasteiger partial charge is 0.255 e. The first-order chi connectivity index (χ1) is 11.5. The van der Waals surface area contributed by atoms with Crippen molar-refractivity contribution in [2.45, 2.75) is 6.92 Å². The molecule has 0 aliphatic rings. The Hall–Kier alpha value is -2.37. The van der Waals surface area contributed by atoms with Gasteiger partial charge in [0.25, 0.3) is 11.8 Å². The summed E-state index contributed by atoms with van der Waals surface area (Å²) in [4.78, 5) is 24.2. The van der Waals surface area contributed by atoms with Crippen LogP contribution in [0.1, 0.15) is 26.3 Å². The van der Waals surface area contributed by atoms with Gasteiger partial charge in [-0.25, -0.2) is 0 Å². The van der Waals surface area contributed by atoms with Crippen LogP contribution in [-0.4, -0.2) is 32.1 Å². The lowest BCUT2D eigenvalue weighted by atomic mass is 10.1. The molecule has 2 aromatic carbocycles. The lowest BCUT2D eigenvalue weighted by molar-refractivity contribution is 0.0935. The Morgan fingerprint density at radius 3 is 2.25 bits per heavy atom. The van der Waals surface area contributed by atoms with E-state index in [1.165, 1.54) is 0 Å². The first-order valence-electron chi connectivity index (χ1n) is 7.46. The molecule has 0 aromatic heterocycles. The number of nitrogens with one attached hydrogen (secondary N) is 2. The highest BCUT2D eigenvalue weighted by Crippen LogP contribution is 2.20. The summed E-state index contributed by atoms with van der Waals surface area (Å²) in [6.45, 7) is 2.76. The van der Waals surface area contributed by atoms with Crippen LogP contribution in [0.3, 0.4) is 0 Å². The standard InChI is InChI=1S/C18H19ClN2O3/c1-12-11-15(19)7-8-16(12)21-18(23)14-5-3-13(4-6-14)17(22)20-9-10-24-2/h3-8,11H,9-10H2,1-2H3,(H,20,22)(H,21,23). The Kier molecular flexibility index (Phi) is 6.35. The van der Waals surface area contributed by atoms with Gasteiger partial charge >= 0.3 is 0 Å². The van der Waals surface area contributed by atoms with Gasteiger partial charge in [-0.15, -0.1) is 0 Å². The van der Waals surface area contributed by atoms with Crippen LogP contribution in [0.25, 0.3) is 0 Å². The van der Waals surface area contributed by atoms with E-state index in [0.717, 1.165) is 5.56 Å². The van der Waals surface area contributed by atoms with Gasteiger partial charge in [-0.05, 0) is 55.0 Å². The topological polar surface area (TPSA) is 67.4 Å². The van der Waals surface area contributed by atoms with Crippen molar-refractivity contribution in [3.05, 3.63) is 64.2 Å². The molecule has 0 saturated carbocycles. The Morgan fingerprint density at radius 1 is 1.04 bits per heavy atom. The first kappa shape index (κ1) is 18.0. The maximum Gasteiger partial charge on any atom is 0.255 e. The number of anilines is 1. The number of carbonyl (C=O) groups is 2. The highest BCUT2D eigenvalue weighted by molar-refractivity contribution is 6.30. The van der Waals surface area contributed by atoms with Gasteiger partial charge in [0.05, 0.1) is 6.61 Å². The second-order valence-corrected chi connectivity index (χ2v) is 5.68. The van der Waals surface area contributed by atoms with Gasteiger partial charge in [-0.3, -0.25) is 9.59 Å². The molecule has 2 N–H and O–H groups in total. The molecule has 0 radical (unpaired) electrons. The van der Waals surface area contributed by atoms with Crippen molar-refractivity contribution < 1.29 is 14.3 Å². The zero-order chi connectivity index (χ0) is 17.5. The summed E-state index contributed by atoms with van der Waals surface area (Å²) in [7, 11) is 1.57. The van der Waals surface area contributed by atoms with Gasteiger partial charge in [-0.2, -0.15) is 0 Å². The monoisotopic (exact) mass is 346 g/mol. The Balaban J connectivity index is 2.01. The number of hydrogen-bond acceptors (Lipinski definition) is 3. The molecule has 24 heavy (non-hydrogen) atoms. The molecule has 0 aliphatic carbocycles. The van der Waals surface area contributed by atoms with Gasteiger partial charge in [-0.1, -0.05) is 11.6 Å². The molecule has 0 atom stereocenters. The largest absolute Gasteiger partial charge is 0.383 e. The Bertz CT molecular complexity index is 730. The molecule has 0 heterocycles. The molecule has 6 heteroatoms. The van der Waals surface area contributed by atoms with Crippen LogP contribution < -0.4 is 10.6 Å². The molecule has 0 spiro atoms. The van der Waals surface area contributed by atoms with Crippen LogP contribution in [0.15, 0.2) is 42.5 Å². The van der Waals surface area contributed by atoms with Crippen molar-refractivity contribution >= 4 is 29.1 Å². The number of carbonyl (C=O) groups excluding carboxylic acids is 2. The number of amides is 2. The quantitative estimate of drug-likeness (QED) is 0.789. The molecule has 2 aromatic rings. The van der Waals surface area contributed by atoms with Crippen LogP contribution in [0.2, 0.25) is 5.02 Å². The van der Waals surface area contributed by atoms with E-state index in [-0.39, 0.29) is 11.8 Å². The summed E-state index contributed by atoms with van der Waals surface area (Å²) in [5, 5.41) is 6.17. The Labute approximate surface area is 146 Å².